The summed E-state index contributed by atoms with van der Waals surface area (Å²) in [6.07, 6.45) is 0. The van der Waals surface area contributed by atoms with Gasteiger partial charge in [-0.25, -0.2) is 4.98 Å². The van der Waals surface area contributed by atoms with E-state index in [-0.39, 0.29) is 24.8 Å². The van der Waals surface area contributed by atoms with E-state index in [2.05, 4.69) is 40.0 Å². The molecule has 0 aliphatic carbocycles. The Balaban J connectivity index is 0.000000640. The second-order valence-electron chi connectivity index (χ2n) is 3.83. The van der Waals surface area contributed by atoms with E-state index in [1.54, 1.807) is 0 Å². The summed E-state index contributed by atoms with van der Waals surface area (Å²) in [5.74, 6) is 1.12. The number of para-hydroxylation sites is 2. The fourth-order valence-electron chi connectivity index (χ4n) is 2.08. The van der Waals surface area contributed by atoms with Crippen LogP contribution in [0.4, 0.5) is 0 Å². The molecule has 1 aliphatic rings. The van der Waals surface area contributed by atoms with Gasteiger partial charge >= 0.3 is 0 Å². The molecule has 16 heavy (non-hydrogen) atoms. The van der Waals surface area contributed by atoms with E-state index in [1.165, 1.54) is 5.52 Å². The van der Waals surface area contributed by atoms with Crippen LogP contribution in [0.25, 0.3) is 11.0 Å². The zero-order valence-electron chi connectivity index (χ0n) is 9.01. The lowest BCUT2D eigenvalue weighted by molar-refractivity contribution is 0.345. The highest BCUT2D eigenvalue weighted by atomic mass is 35.5. The molecule has 88 valence electrons. The number of hydrogen-bond donors (Lipinski definition) is 1. The molecule has 0 amide bonds. The van der Waals surface area contributed by atoms with Gasteiger partial charge in [-0.1, -0.05) is 12.1 Å². The van der Waals surface area contributed by atoms with Crippen LogP contribution >= 0.6 is 24.8 Å². The molecule has 0 unspecified atom stereocenters. The minimum atomic E-state index is 0. The van der Waals surface area contributed by atoms with Gasteiger partial charge in [0.15, 0.2) is 0 Å². The topological polar surface area (TPSA) is 29.9 Å². The standard InChI is InChI=1S/C11H13N3.2ClH/c1-8-13-10-4-2-3-5-11(10)14(8)9-6-12-7-9;;/h2-5,9,12H,6-7H2,1H3;2*1H. The van der Waals surface area contributed by atoms with Gasteiger partial charge in [-0.2, -0.15) is 0 Å². The first-order valence-electron chi connectivity index (χ1n) is 5.00. The van der Waals surface area contributed by atoms with Crippen molar-refractivity contribution < 1.29 is 0 Å². The van der Waals surface area contributed by atoms with Crippen LogP contribution in [-0.4, -0.2) is 22.6 Å². The maximum Gasteiger partial charge on any atom is 0.107 e. The van der Waals surface area contributed by atoms with Crippen LogP contribution in [0.5, 0.6) is 0 Å². The first-order valence-corrected chi connectivity index (χ1v) is 5.00. The van der Waals surface area contributed by atoms with E-state index >= 15 is 0 Å². The Bertz CT molecular complexity index is 477. The number of hydrogen-bond acceptors (Lipinski definition) is 2. The Morgan fingerprint density at radius 1 is 1.25 bits per heavy atom. The molecule has 1 aromatic heterocycles. The third-order valence-corrected chi connectivity index (χ3v) is 2.90. The lowest BCUT2D eigenvalue weighted by Crippen LogP contribution is -2.43. The van der Waals surface area contributed by atoms with Crippen LogP contribution in [0.3, 0.4) is 0 Å². The molecule has 2 aromatic rings. The molecule has 0 spiro atoms. The average Bonchev–Trinajstić information content (AvgIpc) is 2.41. The summed E-state index contributed by atoms with van der Waals surface area (Å²) in [6.45, 7) is 4.22. The summed E-state index contributed by atoms with van der Waals surface area (Å²) < 4.78 is 2.34. The SMILES string of the molecule is Cc1nc2ccccc2n1C1CNC1.Cl.Cl. The molecule has 1 aromatic carbocycles. The molecule has 0 atom stereocenters. The molecule has 3 nitrogen and oxygen atoms in total. The van der Waals surface area contributed by atoms with Crippen LogP contribution in [-0.2, 0) is 0 Å². The van der Waals surface area contributed by atoms with Crippen LogP contribution in [0.15, 0.2) is 24.3 Å². The van der Waals surface area contributed by atoms with Gasteiger partial charge in [0.1, 0.15) is 5.82 Å². The first kappa shape index (κ1) is 13.3. The highest BCUT2D eigenvalue weighted by Gasteiger charge is 2.22. The number of benzene rings is 1. The molecule has 2 heterocycles. The van der Waals surface area contributed by atoms with Gasteiger partial charge in [0.2, 0.25) is 0 Å². The number of aromatic nitrogens is 2. The van der Waals surface area contributed by atoms with Crippen molar-refractivity contribution in [1.29, 1.82) is 0 Å². The van der Waals surface area contributed by atoms with Crippen LogP contribution in [0.2, 0.25) is 0 Å². The van der Waals surface area contributed by atoms with Crippen LogP contribution in [0.1, 0.15) is 11.9 Å². The van der Waals surface area contributed by atoms with E-state index in [0.717, 1.165) is 24.4 Å². The lowest BCUT2D eigenvalue weighted by atomic mass is 10.1. The Kier molecular flexibility index (Phi) is 4.19. The Morgan fingerprint density at radius 2 is 1.94 bits per heavy atom. The number of aryl methyl sites for hydroxylation is 1. The zero-order valence-corrected chi connectivity index (χ0v) is 10.6. The second-order valence-corrected chi connectivity index (χ2v) is 3.83. The van der Waals surface area contributed by atoms with E-state index in [9.17, 15) is 0 Å². The van der Waals surface area contributed by atoms with Gasteiger partial charge in [-0.3, -0.25) is 0 Å². The molecule has 0 radical (unpaired) electrons. The van der Waals surface area contributed by atoms with Crippen molar-refractivity contribution in [2.75, 3.05) is 13.1 Å². The van der Waals surface area contributed by atoms with Crippen molar-refractivity contribution in [3.8, 4) is 0 Å². The van der Waals surface area contributed by atoms with Gasteiger partial charge in [0.25, 0.3) is 0 Å². The Hall–Kier alpha value is -0.770. The minimum Gasteiger partial charge on any atom is -0.323 e. The predicted octanol–water partition coefficient (Wildman–Crippen LogP) is 2.33. The molecular weight excluding hydrogens is 245 g/mol. The average molecular weight is 260 g/mol. The second kappa shape index (κ2) is 5.04. The van der Waals surface area contributed by atoms with Gasteiger partial charge in [-0.05, 0) is 19.1 Å². The number of nitrogens with zero attached hydrogens (tertiary/aromatic N) is 2. The van der Waals surface area contributed by atoms with Crippen LogP contribution < -0.4 is 5.32 Å². The van der Waals surface area contributed by atoms with Crippen molar-refractivity contribution >= 4 is 35.8 Å². The lowest BCUT2D eigenvalue weighted by Gasteiger charge is -2.30. The molecular formula is C11H15Cl2N3. The number of imidazole rings is 1. The monoisotopic (exact) mass is 259 g/mol. The van der Waals surface area contributed by atoms with Crippen molar-refractivity contribution in [3.05, 3.63) is 30.1 Å². The summed E-state index contributed by atoms with van der Waals surface area (Å²) in [6, 6.07) is 8.94. The van der Waals surface area contributed by atoms with E-state index in [0.29, 0.717) is 6.04 Å². The largest absolute Gasteiger partial charge is 0.323 e. The third-order valence-electron chi connectivity index (χ3n) is 2.90. The minimum absolute atomic E-state index is 0. The molecule has 1 fully saturated rings. The first-order chi connectivity index (χ1) is 6.86. The summed E-state index contributed by atoms with van der Waals surface area (Å²) in [7, 11) is 0. The van der Waals surface area contributed by atoms with E-state index in [1.807, 2.05) is 6.07 Å². The Morgan fingerprint density at radius 3 is 2.56 bits per heavy atom. The fraction of sp³-hybridized carbons (Fsp3) is 0.364. The van der Waals surface area contributed by atoms with Crippen molar-refractivity contribution in [3.63, 3.8) is 0 Å². The number of fused-ring (bicyclic) bond motifs is 1. The Labute approximate surface area is 107 Å². The summed E-state index contributed by atoms with van der Waals surface area (Å²) in [4.78, 5) is 4.55. The predicted molar refractivity (Wildman–Crippen MR) is 70.9 cm³/mol. The smallest absolute Gasteiger partial charge is 0.107 e. The van der Waals surface area contributed by atoms with Crippen molar-refractivity contribution in [1.82, 2.24) is 14.9 Å². The summed E-state index contributed by atoms with van der Waals surface area (Å²) in [5, 5.41) is 3.29. The van der Waals surface area contributed by atoms with Gasteiger partial charge in [0.05, 0.1) is 17.1 Å². The molecule has 0 bridgehead atoms. The highest BCUT2D eigenvalue weighted by Crippen LogP contribution is 2.22. The van der Waals surface area contributed by atoms with Crippen LogP contribution in [0, 0.1) is 6.92 Å². The summed E-state index contributed by atoms with van der Waals surface area (Å²) >= 11 is 0. The van der Waals surface area contributed by atoms with E-state index < -0.39 is 0 Å². The van der Waals surface area contributed by atoms with Gasteiger partial charge < -0.3 is 9.88 Å². The molecule has 0 saturated carbocycles. The quantitative estimate of drug-likeness (QED) is 0.852. The third kappa shape index (κ3) is 1.90. The highest BCUT2D eigenvalue weighted by molar-refractivity contribution is 5.85. The molecule has 5 heteroatoms. The van der Waals surface area contributed by atoms with Crippen molar-refractivity contribution in [2.45, 2.75) is 13.0 Å². The number of nitrogens with one attached hydrogen (secondary N) is 1. The number of rotatable bonds is 1. The fourth-order valence-corrected chi connectivity index (χ4v) is 2.08. The molecule has 1 aliphatic heterocycles. The normalized spacial score (nSPS) is 15.1. The molecule has 3 rings (SSSR count). The van der Waals surface area contributed by atoms with Gasteiger partial charge in [0, 0.05) is 13.1 Å². The maximum absolute atomic E-state index is 4.55. The summed E-state index contributed by atoms with van der Waals surface area (Å²) in [5.41, 5.74) is 2.37. The number of halogens is 2. The molecule has 1 N–H and O–H groups in total. The maximum atomic E-state index is 4.55. The van der Waals surface area contributed by atoms with E-state index in [4.69, 9.17) is 0 Å². The van der Waals surface area contributed by atoms with Crippen molar-refractivity contribution in [2.24, 2.45) is 0 Å². The zero-order chi connectivity index (χ0) is 9.54. The van der Waals surface area contributed by atoms with Gasteiger partial charge in [-0.15, -0.1) is 24.8 Å². The molecule has 1 saturated heterocycles.